The first kappa shape index (κ1) is 13.4. The summed E-state index contributed by atoms with van der Waals surface area (Å²) in [5, 5.41) is 21.4. The second kappa shape index (κ2) is 6.22. The first-order valence-electron chi connectivity index (χ1n) is 6.18. The Kier molecular flexibility index (Phi) is 4.17. The van der Waals surface area contributed by atoms with E-state index in [4.69, 9.17) is 10.5 Å². The maximum absolute atomic E-state index is 9.11. The van der Waals surface area contributed by atoms with E-state index in [2.05, 4.69) is 5.32 Å². The number of nitrogens with zero attached hydrogens (tertiary/aromatic N) is 2. The van der Waals surface area contributed by atoms with Crippen LogP contribution >= 0.6 is 0 Å². The molecule has 0 aliphatic rings. The van der Waals surface area contributed by atoms with Crippen LogP contribution in [0.4, 0.5) is 5.69 Å². The largest absolute Gasteiger partial charge is 0.353 e. The van der Waals surface area contributed by atoms with Crippen molar-refractivity contribution in [3.05, 3.63) is 71.3 Å². The molecule has 0 aliphatic carbocycles. The Hall–Kier alpha value is -3.04. The summed E-state index contributed by atoms with van der Waals surface area (Å²) in [6.07, 6.45) is 0. The van der Waals surface area contributed by atoms with Gasteiger partial charge < -0.3 is 5.32 Å². The molecule has 2 aromatic carbocycles. The van der Waals surface area contributed by atoms with Crippen molar-refractivity contribution in [3.8, 4) is 12.1 Å². The van der Waals surface area contributed by atoms with Gasteiger partial charge >= 0.3 is 0 Å². The van der Waals surface area contributed by atoms with Crippen molar-refractivity contribution in [1.82, 2.24) is 0 Å². The lowest BCUT2D eigenvalue weighted by Crippen LogP contribution is -2.02. The third-order valence-corrected chi connectivity index (χ3v) is 2.86. The molecule has 0 saturated carbocycles. The predicted octanol–water partition coefficient (Wildman–Crippen LogP) is 3.87. The highest BCUT2D eigenvalue weighted by molar-refractivity contribution is 5.83. The Bertz CT molecular complexity index is 683. The fraction of sp³-hybridized carbons (Fsp3) is 0.0588. The average molecular weight is 259 g/mol. The van der Waals surface area contributed by atoms with Crippen molar-refractivity contribution in [2.45, 2.75) is 6.92 Å². The van der Waals surface area contributed by atoms with E-state index in [0.717, 1.165) is 16.8 Å². The van der Waals surface area contributed by atoms with Gasteiger partial charge in [-0.2, -0.15) is 10.5 Å². The Morgan fingerprint density at radius 3 is 2.05 bits per heavy atom. The summed E-state index contributed by atoms with van der Waals surface area (Å²) in [5.41, 5.74) is 3.40. The molecule has 96 valence electrons. The molecule has 2 aromatic rings. The molecule has 0 saturated heterocycles. The molecule has 0 radical (unpaired) electrons. The fourth-order valence-electron chi connectivity index (χ4n) is 1.80. The van der Waals surface area contributed by atoms with Crippen LogP contribution in [0.5, 0.6) is 0 Å². The van der Waals surface area contributed by atoms with E-state index >= 15 is 0 Å². The highest BCUT2D eigenvalue weighted by Crippen LogP contribution is 2.21. The van der Waals surface area contributed by atoms with E-state index in [1.807, 2.05) is 73.7 Å². The first-order chi connectivity index (χ1) is 9.74. The van der Waals surface area contributed by atoms with Crippen molar-refractivity contribution < 1.29 is 0 Å². The monoisotopic (exact) mass is 259 g/mol. The minimum atomic E-state index is 0.0665. The second-order valence-corrected chi connectivity index (χ2v) is 4.33. The van der Waals surface area contributed by atoms with Crippen molar-refractivity contribution in [2.24, 2.45) is 0 Å². The minimum absolute atomic E-state index is 0.0665. The highest BCUT2D eigenvalue weighted by atomic mass is 14.9. The standard InChI is InChI=1S/C17H13N3/c1-13-7-9-16(10-8-13)20-17(15(11-18)12-19)14-5-3-2-4-6-14/h2-10,20H,1H3. The van der Waals surface area contributed by atoms with Crippen molar-refractivity contribution in [2.75, 3.05) is 5.32 Å². The first-order valence-corrected chi connectivity index (χ1v) is 6.18. The van der Waals surface area contributed by atoms with Gasteiger partial charge in [-0.3, -0.25) is 0 Å². The zero-order chi connectivity index (χ0) is 14.4. The van der Waals surface area contributed by atoms with Crippen LogP contribution < -0.4 is 5.32 Å². The van der Waals surface area contributed by atoms with E-state index in [-0.39, 0.29) is 5.57 Å². The Morgan fingerprint density at radius 2 is 1.50 bits per heavy atom. The van der Waals surface area contributed by atoms with E-state index < -0.39 is 0 Å². The smallest absolute Gasteiger partial charge is 0.153 e. The highest BCUT2D eigenvalue weighted by Gasteiger charge is 2.09. The number of hydrogen-bond acceptors (Lipinski definition) is 3. The number of benzene rings is 2. The molecule has 3 nitrogen and oxygen atoms in total. The molecule has 1 N–H and O–H groups in total. The molecule has 0 aliphatic heterocycles. The lowest BCUT2D eigenvalue weighted by molar-refractivity contribution is 1.42. The SMILES string of the molecule is Cc1ccc(NC(=C(C#N)C#N)c2ccccc2)cc1. The summed E-state index contributed by atoms with van der Waals surface area (Å²) in [6, 6.07) is 21.0. The predicted molar refractivity (Wildman–Crippen MR) is 79.4 cm³/mol. The quantitative estimate of drug-likeness (QED) is 0.851. The number of allylic oxidation sites excluding steroid dienone is 1. The number of aryl methyl sites for hydroxylation is 1. The summed E-state index contributed by atoms with van der Waals surface area (Å²) >= 11 is 0. The molecule has 3 heteroatoms. The van der Waals surface area contributed by atoms with E-state index in [0.29, 0.717) is 5.70 Å². The van der Waals surface area contributed by atoms with Gasteiger partial charge in [0.15, 0.2) is 5.57 Å². The Morgan fingerprint density at radius 1 is 0.900 bits per heavy atom. The summed E-state index contributed by atoms with van der Waals surface area (Å²) < 4.78 is 0. The van der Waals surface area contributed by atoms with Crippen LogP contribution in [0, 0.1) is 29.6 Å². The van der Waals surface area contributed by atoms with Crippen molar-refractivity contribution in [1.29, 1.82) is 10.5 Å². The molecule has 0 spiro atoms. The fourth-order valence-corrected chi connectivity index (χ4v) is 1.80. The summed E-state index contributed by atoms with van der Waals surface area (Å²) in [7, 11) is 0. The summed E-state index contributed by atoms with van der Waals surface area (Å²) in [4.78, 5) is 0. The van der Waals surface area contributed by atoms with E-state index in [9.17, 15) is 0 Å². The number of hydrogen-bond donors (Lipinski definition) is 1. The summed E-state index contributed by atoms with van der Waals surface area (Å²) in [6.45, 7) is 2.01. The number of anilines is 1. The maximum atomic E-state index is 9.11. The van der Waals surface area contributed by atoms with Gasteiger partial charge in [-0.15, -0.1) is 0 Å². The molecule has 0 atom stereocenters. The van der Waals surface area contributed by atoms with Gasteiger partial charge in [0, 0.05) is 11.3 Å². The number of rotatable bonds is 3. The zero-order valence-corrected chi connectivity index (χ0v) is 11.1. The third kappa shape index (κ3) is 3.04. The van der Waals surface area contributed by atoms with Crippen molar-refractivity contribution >= 4 is 11.4 Å². The Balaban J connectivity index is 2.45. The van der Waals surface area contributed by atoms with Gasteiger partial charge in [-0.05, 0) is 19.1 Å². The molecule has 0 heterocycles. The topological polar surface area (TPSA) is 59.6 Å². The van der Waals surface area contributed by atoms with Gasteiger partial charge in [-0.1, -0.05) is 48.0 Å². The molecule has 0 aromatic heterocycles. The normalized spacial score (nSPS) is 9.15. The van der Waals surface area contributed by atoms with Crippen LogP contribution in [-0.2, 0) is 0 Å². The lowest BCUT2D eigenvalue weighted by Gasteiger charge is -2.11. The van der Waals surface area contributed by atoms with Gasteiger partial charge in [0.2, 0.25) is 0 Å². The Labute approximate surface area is 118 Å². The van der Waals surface area contributed by atoms with Crippen LogP contribution in [-0.4, -0.2) is 0 Å². The lowest BCUT2D eigenvalue weighted by atomic mass is 10.1. The van der Waals surface area contributed by atoms with Crippen LogP contribution in [0.2, 0.25) is 0 Å². The van der Waals surface area contributed by atoms with E-state index in [1.165, 1.54) is 0 Å². The van der Waals surface area contributed by atoms with Gasteiger partial charge in [0.05, 0.1) is 5.70 Å². The van der Waals surface area contributed by atoms with Gasteiger partial charge in [0.1, 0.15) is 12.1 Å². The molecule has 20 heavy (non-hydrogen) atoms. The molecular formula is C17H13N3. The third-order valence-electron chi connectivity index (χ3n) is 2.86. The van der Waals surface area contributed by atoms with Crippen LogP contribution in [0.3, 0.4) is 0 Å². The zero-order valence-electron chi connectivity index (χ0n) is 11.1. The molecule has 0 fully saturated rings. The van der Waals surface area contributed by atoms with Crippen LogP contribution in [0.15, 0.2) is 60.2 Å². The molecule has 0 bridgehead atoms. The van der Waals surface area contributed by atoms with Crippen LogP contribution in [0.1, 0.15) is 11.1 Å². The van der Waals surface area contributed by atoms with Crippen molar-refractivity contribution in [3.63, 3.8) is 0 Å². The maximum Gasteiger partial charge on any atom is 0.153 e. The number of nitrogens with one attached hydrogen (secondary N) is 1. The van der Waals surface area contributed by atoms with Gasteiger partial charge in [0.25, 0.3) is 0 Å². The number of nitriles is 2. The second-order valence-electron chi connectivity index (χ2n) is 4.33. The average Bonchev–Trinajstić information content (AvgIpc) is 2.50. The molecular weight excluding hydrogens is 246 g/mol. The van der Waals surface area contributed by atoms with Crippen LogP contribution in [0.25, 0.3) is 5.70 Å². The minimum Gasteiger partial charge on any atom is -0.353 e. The van der Waals surface area contributed by atoms with E-state index in [1.54, 1.807) is 0 Å². The molecule has 0 unspecified atom stereocenters. The van der Waals surface area contributed by atoms with Gasteiger partial charge in [-0.25, -0.2) is 0 Å². The summed E-state index contributed by atoms with van der Waals surface area (Å²) in [5.74, 6) is 0. The molecule has 0 amide bonds. The molecule has 2 rings (SSSR count).